The molecule has 0 saturated heterocycles. The van der Waals surface area contributed by atoms with Crippen molar-refractivity contribution in [1.29, 1.82) is 0 Å². The van der Waals surface area contributed by atoms with Crippen molar-refractivity contribution < 1.29 is 9.59 Å². The fourth-order valence-electron chi connectivity index (χ4n) is 0.877. The molecular formula is C9H17NO2. The fourth-order valence-corrected chi connectivity index (χ4v) is 0.877. The van der Waals surface area contributed by atoms with E-state index in [0.717, 1.165) is 0 Å². The number of amides is 1. The van der Waals surface area contributed by atoms with Crippen molar-refractivity contribution in [1.82, 2.24) is 5.32 Å². The van der Waals surface area contributed by atoms with Crippen LogP contribution in [0.1, 0.15) is 34.1 Å². The van der Waals surface area contributed by atoms with Crippen molar-refractivity contribution in [3.8, 4) is 0 Å². The van der Waals surface area contributed by atoms with Crippen molar-refractivity contribution in [2.24, 2.45) is 5.41 Å². The lowest BCUT2D eigenvalue weighted by atomic mass is 9.90. The Morgan fingerprint density at radius 1 is 1.25 bits per heavy atom. The van der Waals surface area contributed by atoms with Gasteiger partial charge in [-0.2, -0.15) is 0 Å². The average Bonchev–Trinajstić information content (AvgIpc) is 1.79. The minimum Gasteiger partial charge on any atom is -0.349 e. The SMILES string of the molecule is CC(=O)NCC(=O)CC(C)(C)C. The van der Waals surface area contributed by atoms with E-state index in [0.29, 0.717) is 6.42 Å². The molecule has 1 N–H and O–H groups in total. The van der Waals surface area contributed by atoms with E-state index in [1.165, 1.54) is 6.92 Å². The molecular weight excluding hydrogens is 154 g/mol. The van der Waals surface area contributed by atoms with E-state index in [4.69, 9.17) is 0 Å². The number of Topliss-reactive ketones (excluding diaryl/α,β-unsaturated/α-hetero) is 1. The molecule has 0 heterocycles. The molecule has 0 aromatic rings. The summed E-state index contributed by atoms with van der Waals surface area (Å²) in [4.78, 5) is 21.6. The predicted octanol–water partition coefficient (Wildman–Crippen LogP) is 1.13. The zero-order valence-corrected chi connectivity index (χ0v) is 8.23. The number of hydrogen-bond donors (Lipinski definition) is 1. The van der Waals surface area contributed by atoms with Crippen LogP contribution in [-0.2, 0) is 9.59 Å². The van der Waals surface area contributed by atoms with E-state index in [1.54, 1.807) is 0 Å². The van der Waals surface area contributed by atoms with Gasteiger partial charge in [0.2, 0.25) is 5.91 Å². The van der Waals surface area contributed by atoms with Gasteiger partial charge in [0.1, 0.15) is 0 Å². The van der Waals surface area contributed by atoms with Gasteiger partial charge in [-0.25, -0.2) is 0 Å². The first-order valence-corrected chi connectivity index (χ1v) is 4.07. The highest BCUT2D eigenvalue weighted by atomic mass is 16.2. The number of hydrogen-bond acceptors (Lipinski definition) is 2. The molecule has 0 spiro atoms. The van der Waals surface area contributed by atoms with Gasteiger partial charge in [0.05, 0.1) is 6.54 Å². The summed E-state index contributed by atoms with van der Waals surface area (Å²) in [6.07, 6.45) is 0.507. The maximum Gasteiger partial charge on any atom is 0.217 e. The molecule has 0 aliphatic rings. The summed E-state index contributed by atoms with van der Waals surface area (Å²) in [5, 5.41) is 2.48. The van der Waals surface area contributed by atoms with Gasteiger partial charge in [-0.3, -0.25) is 9.59 Å². The highest BCUT2D eigenvalue weighted by Crippen LogP contribution is 2.18. The van der Waals surface area contributed by atoms with Crippen LogP contribution in [-0.4, -0.2) is 18.2 Å². The number of nitrogens with one attached hydrogen (secondary N) is 1. The highest BCUT2D eigenvalue weighted by Gasteiger charge is 2.15. The minimum atomic E-state index is -0.155. The van der Waals surface area contributed by atoms with Crippen LogP contribution in [0.4, 0.5) is 0 Å². The van der Waals surface area contributed by atoms with Crippen LogP contribution >= 0.6 is 0 Å². The lowest BCUT2D eigenvalue weighted by Gasteiger charge is -2.16. The van der Waals surface area contributed by atoms with Crippen molar-refractivity contribution in [3.05, 3.63) is 0 Å². The maximum absolute atomic E-state index is 11.1. The van der Waals surface area contributed by atoms with Gasteiger partial charge >= 0.3 is 0 Å². The quantitative estimate of drug-likeness (QED) is 0.691. The van der Waals surface area contributed by atoms with Crippen LogP contribution in [0.5, 0.6) is 0 Å². The molecule has 3 heteroatoms. The highest BCUT2D eigenvalue weighted by molar-refractivity contribution is 5.85. The molecule has 1 amide bonds. The molecule has 0 bridgehead atoms. The normalized spacial score (nSPS) is 11.0. The van der Waals surface area contributed by atoms with Gasteiger partial charge in [-0.1, -0.05) is 20.8 Å². The molecule has 0 aromatic heterocycles. The third-order valence-corrected chi connectivity index (χ3v) is 1.26. The minimum absolute atomic E-state index is 0.00948. The smallest absolute Gasteiger partial charge is 0.217 e. The monoisotopic (exact) mass is 171 g/mol. The van der Waals surface area contributed by atoms with Crippen LogP contribution in [0, 0.1) is 5.41 Å². The summed E-state index contributed by atoms with van der Waals surface area (Å²) < 4.78 is 0. The Labute approximate surface area is 73.5 Å². The van der Waals surface area contributed by atoms with Gasteiger partial charge in [0.25, 0.3) is 0 Å². The molecule has 0 fully saturated rings. The first-order valence-electron chi connectivity index (χ1n) is 4.07. The van der Waals surface area contributed by atoms with Crippen LogP contribution in [0.3, 0.4) is 0 Å². The Hall–Kier alpha value is -0.860. The molecule has 70 valence electrons. The van der Waals surface area contributed by atoms with Crippen LogP contribution in [0.2, 0.25) is 0 Å². The Balaban J connectivity index is 3.68. The largest absolute Gasteiger partial charge is 0.349 e. The fraction of sp³-hybridized carbons (Fsp3) is 0.778. The Morgan fingerprint density at radius 3 is 2.08 bits per heavy atom. The number of carbonyl (C=O) groups excluding carboxylic acids is 2. The Morgan fingerprint density at radius 2 is 1.75 bits per heavy atom. The van der Waals surface area contributed by atoms with E-state index in [9.17, 15) is 9.59 Å². The van der Waals surface area contributed by atoms with Gasteiger partial charge < -0.3 is 5.32 Å². The summed E-state index contributed by atoms with van der Waals surface area (Å²) in [6.45, 7) is 7.56. The molecule has 0 unspecified atom stereocenters. The van der Waals surface area contributed by atoms with Gasteiger partial charge in [0.15, 0.2) is 5.78 Å². The van der Waals surface area contributed by atoms with Crippen molar-refractivity contribution >= 4 is 11.7 Å². The van der Waals surface area contributed by atoms with Gasteiger partial charge in [-0.05, 0) is 5.41 Å². The van der Waals surface area contributed by atoms with E-state index < -0.39 is 0 Å². The lowest BCUT2D eigenvalue weighted by Crippen LogP contribution is -2.29. The molecule has 0 aliphatic carbocycles. The number of rotatable bonds is 3. The maximum atomic E-state index is 11.1. The second-order valence-corrected chi connectivity index (χ2v) is 4.19. The second kappa shape index (κ2) is 4.24. The summed E-state index contributed by atoms with van der Waals surface area (Å²) >= 11 is 0. The molecule has 3 nitrogen and oxygen atoms in total. The Kier molecular flexibility index (Phi) is 3.93. The predicted molar refractivity (Wildman–Crippen MR) is 47.8 cm³/mol. The van der Waals surface area contributed by atoms with Crippen molar-refractivity contribution in [3.63, 3.8) is 0 Å². The van der Waals surface area contributed by atoms with Crippen LogP contribution in [0.15, 0.2) is 0 Å². The van der Waals surface area contributed by atoms with E-state index >= 15 is 0 Å². The zero-order valence-electron chi connectivity index (χ0n) is 8.23. The Bertz CT molecular complexity index is 179. The second-order valence-electron chi connectivity index (χ2n) is 4.19. The van der Waals surface area contributed by atoms with Crippen LogP contribution < -0.4 is 5.32 Å². The van der Waals surface area contributed by atoms with Gasteiger partial charge in [-0.15, -0.1) is 0 Å². The first-order chi connectivity index (χ1) is 5.31. The molecule has 0 saturated carbocycles. The third kappa shape index (κ3) is 7.25. The molecule has 12 heavy (non-hydrogen) atoms. The lowest BCUT2D eigenvalue weighted by molar-refractivity contribution is -0.124. The number of carbonyl (C=O) groups is 2. The standard InChI is InChI=1S/C9H17NO2/c1-7(11)10-6-8(12)5-9(2,3)4/h5-6H2,1-4H3,(H,10,11). The third-order valence-electron chi connectivity index (χ3n) is 1.26. The van der Waals surface area contributed by atoms with Crippen molar-refractivity contribution in [2.45, 2.75) is 34.1 Å². The van der Waals surface area contributed by atoms with E-state index in [1.807, 2.05) is 20.8 Å². The summed E-state index contributed by atoms with van der Waals surface area (Å²) in [5.74, 6) is -0.0741. The topological polar surface area (TPSA) is 46.2 Å². The molecule has 0 rings (SSSR count). The zero-order chi connectivity index (χ0) is 9.78. The summed E-state index contributed by atoms with van der Waals surface area (Å²) in [5.41, 5.74) is 0.00948. The molecule has 0 radical (unpaired) electrons. The first kappa shape index (κ1) is 11.1. The average molecular weight is 171 g/mol. The summed E-state index contributed by atoms with van der Waals surface area (Å²) in [7, 11) is 0. The van der Waals surface area contributed by atoms with Gasteiger partial charge in [0, 0.05) is 13.3 Å². The van der Waals surface area contributed by atoms with Crippen molar-refractivity contribution in [2.75, 3.05) is 6.54 Å². The number of ketones is 1. The molecule has 0 aromatic carbocycles. The van der Waals surface area contributed by atoms with Crippen LogP contribution in [0.25, 0.3) is 0 Å². The van der Waals surface area contributed by atoms with E-state index in [-0.39, 0.29) is 23.7 Å². The summed E-state index contributed by atoms with van der Waals surface area (Å²) in [6, 6.07) is 0. The molecule has 0 atom stereocenters. The van der Waals surface area contributed by atoms with E-state index in [2.05, 4.69) is 5.32 Å². The molecule has 0 aliphatic heterocycles.